The van der Waals surface area contributed by atoms with Crippen LogP contribution in [0.15, 0.2) is 18.6 Å². The summed E-state index contributed by atoms with van der Waals surface area (Å²) in [6.45, 7) is 0.157. The average Bonchev–Trinajstić information content (AvgIpc) is 2.48. The van der Waals surface area contributed by atoms with Gasteiger partial charge in [0.1, 0.15) is 12.2 Å². The highest BCUT2D eigenvalue weighted by Gasteiger charge is 2.33. The molecule has 0 aliphatic carbocycles. The molecule has 1 aliphatic heterocycles. The van der Waals surface area contributed by atoms with Crippen LogP contribution in [0.25, 0.3) is 0 Å². The number of amides is 1. The maximum Gasteiger partial charge on any atom is 0.220 e. The van der Waals surface area contributed by atoms with E-state index >= 15 is 0 Å². The summed E-state index contributed by atoms with van der Waals surface area (Å²) in [7, 11) is 0. The van der Waals surface area contributed by atoms with Crippen molar-refractivity contribution in [1.82, 2.24) is 15.3 Å². The zero-order chi connectivity index (χ0) is 14.4. The minimum atomic E-state index is -0.880. The number of hydrogen-bond donors (Lipinski definition) is 3. The first-order valence-corrected chi connectivity index (χ1v) is 6.65. The molecular formula is C13H19N3O4. The van der Waals surface area contributed by atoms with Crippen molar-refractivity contribution < 1.29 is 19.7 Å². The molecule has 2 heterocycles. The van der Waals surface area contributed by atoms with Gasteiger partial charge >= 0.3 is 0 Å². The van der Waals surface area contributed by atoms with E-state index in [9.17, 15) is 9.90 Å². The van der Waals surface area contributed by atoms with Crippen LogP contribution in [-0.4, -0.2) is 57.6 Å². The Hall–Kier alpha value is -1.57. The Bertz CT molecular complexity index is 429. The van der Waals surface area contributed by atoms with Crippen LogP contribution in [-0.2, 0) is 16.0 Å². The first kappa shape index (κ1) is 14.8. The molecule has 2 rings (SSSR count). The Morgan fingerprint density at radius 2 is 2.35 bits per heavy atom. The molecule has 0 unspecified atom stereocenters. The minimum Gasteiger partial charge on any atom is -0.394 e. The molecule has 1 aromatic heterocycles. The molecule has 1 amide bonds. The third-order valence-electron chi connectivity index (χ3n) is 3.31. The summed E-state index contributed by atoms with van der Waals surface area (Å²) in [6.07, 6.45) is 4.60. The predicted molar refractivity (Wildman–Crippen MR) is 69.7 cm³/mol. The van der Waals surface area contributed by atoms with Crippen molar-refractivity contribution in [1.29, 1.82) is 0 Å². The van der Waals surface area contributed by atoms with E-state index in [-0.39, 0.29) is 25.0 Å². The number of nitrogens with one attached hydrogen (secondary N) is 1. The number of aliphatic hydroxyl groups is 2. The molecule has 1 saturated heterocycles. The molecule has 0 aromatic carbocycles. The van der Waals surface area contributed by atoms with E-state index in [1.54, 1.807) is 18.6 Å². The number of hydrogen-bond acceptors (Lipinski definition) is 6. The molecule has 0 bridgehead atoms. The van der Waals surface area contributed by atoms with Crippen LogP contribution in [0.4, 0.5) is 0 Å². The molecule has 20 heavy (non-hydrogen) atoms. The molecule has 3 atom stereocenters. The summed E-state index contributed by atoms with van der Waals surface area (Å²) >= 11 is 0. The van der Waals surface area contributed by atoms with Gasteiger partial charge in [0.2, 0.25) is 5.91 Å². The third kappa shape index (κ3) is 3.96. The molecule has 0 radical (unpaired) electrons. The number of carbonyl (C=O) groups is 1. The summed E-state index contributed by atoms with van der Waals surface area (Å²) in [5.41, 5.74) is 0.753. The SMILES string of the molecule is O=C(CCc1cnccn1)N[C@H]1CCO[C@H](CO)[C@H]1O. The molecular weight excluding hydrogens is 262 g/mol. The quantitative estimate of drug-likeness (QED) is 0.642. The van der Waals surface area contributed by atoms with Gasteiger partial charge in [0, 0.05) is 31.6 Å². The second-order valence-electron chi connectivity index (χ2n) is 4.74. The number of ether oxygens (including phenoxy) is 1. The molecule has 0 saturated carbocycles. The van der Waals surface area contributed by atoms with E-state index in [4.69, 9.17) is 9.84 Å². The highest BCUT2D eigenvalue weighted by molar-refractivity contribution is 5.76. The van der Waals surface area contributed by atoms with E-state index in [0.29, 0.717) is 19.4 Å². The fraction of sp³-hybridized carbons (Fsp3) is 0.615. The Morgan fingerprint density at radius 1 is 1.50 bits per heavy atom. The van der Waals surface area contributed by atoms with Gasteiger partial charge in [-0.05, 0) is 12.8 Å². The lowest BCUT2D eigenvalue weighted by atomic mass is 9.99. The van der Waals surface area contributed by atoms with Gasteiger partial charge in [0.05, 0.1) is 18.3 Å². The predicted octanol–water partition coefficient (Wildman–Crippen LogP) is -0.964. The lowest BCUT2D eigenvalue weighted by molar-refractivity contribution is -0.131. The first-order valence-electron chi connectivity index (χ1n) is 6.65. The van der Waals surface area contributed by atoms with Crippen molar-refractivity contribution in [3.8, 4) is 0 Å². The van der Waals surface area contributed by atoms with Gasteiger partial charge in [0.15, 0.2) is 0 Å². The highest BCUT2D eigenvalue weighted by atomic mass is 16.5. The highest BCUT2D eigenvalue weighted by Crippen LogP contribution is 2.14. The molecule has 1 aromatic rings. The van der Waals surface area contributed by atoms with Crippen LogP contribution in [0.3, 0.4) is 0 Å². The average molecular weight is 281 g/mol. The van der Waals surface area contributed by atoms with Crippen LogP contribution in [0, 0.1) is 0 Å². The Kier molecular flexibility index (Phi) is 5.40. The Labute approximate surface area is 117 Å². The Balaban J connectivity index is 1.79. The number of nitrogens with zero attached hydrogens (tertiary/aromatic N) is 2. The number of aryl methyl sites for hydroxylation is 1. The summed E-state index contributed by atoms with van der Waals surface area (Å²) in [5.74, 6) is -0.154. The van der Waals surface area contributed by atoms with Gasteiger partial charge in [-0.15, -0.1) is 0 Å². The van der Waals surface area contributed by atoms with Crippen LogP contribution >= 0.6 is 0 Å². The van der Waals surface area contributed by atoms with Crippen molar-refractivity contribution in [2.75, 3.05) is 13.2 Å². The zero-order valence-electron chi connectivity index (χ0n) is 11.1. The molecule has 7 heteroatoms. The van der Waals surface area contributed by atoms with E-state index < -0.39 is 12.2 Å². The van der Waals surface area contributed by atoms with Crippen molar-refractivity contribution in [2.24, 2.45) is 0 Å². The number of aliphatic hydroxyl groups excluding tert-OH is 2. The molecule has 7 nitrogen and oxygen atoms in total. The van der Waals surface area contributed by atoms with E-state index in [1.807, 2.05) is 0 Å². The van der Waals surface area contributed by atoms with E-state index in [0.717, 1.165) is 5.69 Å². The molecule has 110 valence electrons. The topological polar surface area (TPSA) is 105 Å². The maximum absolute atomic E-state index is 11.9. The lowest BCUT2D eigenvalue weighted by Crippen LogP contribution is -2.54. The van der Waals surface area contributed by atoms with Gasteiger partial charge in [-0.2, -0.15) is 0 Å². The molecule has 3 N–H and O–H groups in total. The second-order valence-corrected chi connectivity index (χ2v) is 4.74. The second kappa shape index (κ2) is 7.28. The standard InChI is InChI=1S/C13H19N3O4/c17-8-11-13(19)10(3-6-20-11)16-12(18)2-1-9-7-14-4-5-15-9/h4-5,7,10-11,13,17,19H,1-3,6,8H2,(H,16,18)/t10-,11+,13-/m0/s1. The molecule has 1 fully saturated rings. The third-order valence-corrected chi connectivity index (χ3v) is 3.31. The van der Waals surface area contributed by atoms with Crippen LogP contribution in [0.1, 0.15) is 18.5 Å². The summed E-state index contributed by atoms with van der Waals surface area (Å²) < 4.78 is 5.21. The lowest BCUT2D eigenvalue weighted by Gasteiger charge is -2.34. The zero-order valence-corrected chi connectivity index (χ0v) is 11.1. The van der Waals surface area contributed by atoms with Crippen LogP contribution < -0.4 is 5.32 Å². The summed E-state index contributed by atoms with van der Waals surface area (Å²) in [5, 5.41) is 21.8. The smallest absolute Gasteiger partial charge is 0.220 e. The van der Waals surface area contributed by atoms with Crippen LogP contribution in [0.2, 0.25) is 0 Å². The van der Waals surface area contributed by atoms with Gasteiger partial charge in [-0.3, -0.25) is 14.8 Å². The Morgan fingerprint density at radius 3 is 3.05 bits per heavy atom. The largest absolute Gasteiger partial charge is 0.394 e. The molecule has 1 aliphatic rings. The fourth-order valence-electron chi connectivity index (χ4n) is 2.17. The summed E-state index contributed by atoms with van der Waals surface area (Å²) in [4.78, 5) is 19.9. The number of carbonyl (C=O) groups excluding carboxylic acids is 1. The maximum atomic E-state index is 11.9. The van der Waals surface area contributed by atoms with Crippen molar-refractivity contribution in [2.45, 2.75) is 37.5 Å². The van der Waals surface area contributed by atoms with Crippen molar-refractivity contribution in [3.63, 3.8) is 0 Å². The van der Waals surface area contributed by atoms with E-state index in [1.165, 1.54) is 0 Å². The normalized spacial score (nSPS) is 26.2. The number of rotatable bonds is 5. The first-order chi connectivity index (χ1) is 9.70. The minimum absolute atomic E-state index is 0.154. The van der Waals surface area contributed by atoms with Gasteiger partial charge in [-0.1, -0.05) is 0 Å². The van der Waals surface area contributed by atoms with Crippen molar-refractivity contribution >= 4 is 5.91 Å². The summed E-state index contributed by atoms with van der Waals surface area (Å²) in [6, 6.07) is -0.379. The van der Waals surface area contributed by atoms with Crippen LogP contribution in [0.5, 0.6) is 0 Å². The fourth-order valence-corrected chi connectivity index (χ4v) is 2.17. The van der Waals surface area contributed by atoms with Crippen molar-refractivity contribution in [3.05, 3.63) is 24.3 Å². The van der Waals surface area contributed by atoms with E-state index in [2.05, 4.69) is 15.3 Å². The van der Waals surface area contributed by atoms with Gasteiger partial charge in [0.25, 0.3) is 0 Å². The monoisotopic (exact) mass is 281 g/mol. The van der Waals surface area contributed by atoms with Gasteiger partial charge in [-0.25, -0.2) is 0 Å². The number of aromatic nitrogens is 2. The van der Waals surface area contributed by atoms with Gasteiger partial charge < -0.3 is 20.3 Å². The molecule has 0 spiro atoms.